The van der Waals surface area contributed by atoms with E-state index in [1.165, 1.54) is 0 Å². The van der Waals surface area contributed by atoms with E-state index >= 15 is 0 Å². The van der Waals surface area contributed by atoms with Crippen molar-refractivity contribution >= 4 is 11.8 Å². The lowest BCUT2D eigenvalue weighted by atomic mass is 10.0. The van der Waals surface area contributed by atoms with E-state index in [9.17, 15) is 14.7 Å². The number of ether oxygens (including phenoxy) is 1. The highest BCUT2D eigenvalue weighted by molar-refractivity contribution is 5.80. The molecule has 14 heavy (non-hydrogen) atoms. The van der Waals surface area contributed by atoms with Crippen molar-refractivity contribution < 1.29 is 19.4 Å². The average molecular weight is 200 g/mol. The van der Waals surface area contributed by atoms with E-state index in [1.807, 2.05) is 0 Å². The lowest BCUT2D eigenvalue weighted by molar-refractivity contribution is -0.151. The molecule has 80 valence electrons. The van der Waals surface area contributed by atoms with Crippen LogP contribution in [-0.2, 0) is 14.3 Å². The molecule has 1 N–H and O–H groups in total. The Kier molecular flexibility index (Phi) is 4.07. The smallest absolute Gasteiger partial charge is 0.308 e. The minimum Gasteiger partial charge on any atom is -0.463 e. The van der Waals surface area contributed by atoms with Crippen molar-refractivity contribution in [2.45, 2.75) is 51.2 Å². The molecule has 1 saturated heterocycles. The van der Waals surface area contributed by atoms with E-state index in [0.717, 1.165) is 6.42 Å². The van der Waals surface area contributed by atoms with Gasteiger partial charge in [-0.3, -0.25) is 9.59 Å². The molecule has 2 atom stereocenters. The number of ketones is 1. The summed E-state index contributed by atoms with van der Waals surface area (Å²) < 4.78 is 5.02. The minimum atomic E-state index is -0.875. The van der Waals surface area contributed by atoms with Crippen molar-refractivity contribution in [3.05, 3.63) is 0 Å². The molecule has 1 fully saturated rings. The Balaban J connectivity index is 2.53. The molecule has 1 aliphatic heterocycles. The summed E-state index contributed by atoms with van der Waals surface area (Å²) in [7, 11) is 0. The Labute approximate surface area is 83.2 Å². The first kappa shape index (κ1) is 11.2. The lowest BCUT2D eigenvalue weighted by Crippen LogP contribution is -2.24. The van der Waals surface area contributed by atoms with Crippen LogP contribution < -0.4 is 0 Å². The van der Waals surface area contributed by atoms with Crippen LogP contribution in [-0.4, -0.2) is 29.1 Å². The highest BCUT2D eigenvalue weighted by atomic mass is 16.5. The molecular formula is C10H16O4. The Morgan fingerprint density at radius 1 is 1.36 bits per heavy atom. The first-order valence-corrected chi connectivity index (χ1v) is 4.97. The van der Waals surface area contributed by atoms with Crippen molar-refractivity contribution in [2.75, 3.05) is 0 Å². The number of carbonyl (C=O) groups is 2. The van der Waals surface area contributed by atoms with Crippen LogP contribution >= 0.6 is 0 Å². The van der Waals surface area contributed by atoms with Gasteiger partial charge in [0.05, 0.1) is 18.6 Å². The van der Waals surface area contributed by atoms with Crippen LogP contribution in [0.4, 0.5) is 0 Å². The third-order valence-electron chi connectivity index (χ3n) is 2.26. The van der Waals surface area contributed by atoms with Crippen molar-refractivity contribution in [3.63, 3.8) is 0 Å². The predicted octanol–water partition coefficient (Wildman–Crippen LogP) is 0.812. The van der Waals surface area contributed by atoms with Crippen molar-refractivity contribution in [1.82, 2.24) is 0 Å². The SMILES string of the molecule is C[C@@H]1CCCC(=O)C[C@@H](O)CC(=O)O1. The summed E-state index contributed by atoms with van der Waals surface area (Å²) in [5, 5.41) is 9.34. The molecule has 1 heterocycles. The molecule has 4 nitrogen and oxygen atoms in total. The number of aliphatic hydroxyl groups excluding tert-OH is 1. The minimum absolute atomic E-state index is 0.0272. The van der Waals surface area contributed by atoms with Gasteiger partial charge in [0.15, 0.2) is 0 Å². The normalized spacial score (nSPS) is 31.0. The Morgan fingerprint density at radius 2 is 2.07 bits per heavy atom. The van der Waals surface area contributed by atoms with Gasteiger partial charge in [-0.25, -0.2) is 0 Å². The first-order valence-electron chi connectivity index (χ1n) is 4.97. The Hall–Kier alpha value is -0.900. The molecule has 0 saturated carbocycles. The number of aliphatic hydroxyl groups is 1. The maximum absolute atomic E-state index is 11.2. The zero-order valence-corrected chi connectivity index (χ0v) is 8.36. The van der Waals surface area contributed by atoms with Gasteiger partial charge < -0.3 is 9.84 Å². The summed E-state index contributed by atoms with van der Waals surface area (Å²) in [4.78, 5) is 22.3. The number of hydrogen-bond donors (Lipinski definition) is 1. The third kappa shape index (κ3) is 3.87. The van der Waals surface area contributed by atoms with Crippen LogP contribution in [0, 0.1) is 0 Å². The number of cyclic esters (lactones) is 1. The number of Topliss-reactive ketones (excluding diaryl/α,β-unsaturated/α-hetero) is 1. The van der Waals surface area contributed by atoms with Crippen molar-refractivity contribution in [1.29, 1.82) is 0 Å². The molecule has 0 aromatic carbocycles. The molecule has 0 radical (unpaired) electrons. The first-order chi connectivity index (χ1) is 6.58. The number of carbonyl (C=O) groups excluding carboxylic acids is 2. The number of rotatable bonds is 0. The van der Waals surface area contributed by atoms with Crippen LogP contribution in [0.1, 0.15) is 39.0 Å². The summed E-state index contributed by atoms with van der Waals surface area (Å²) >= 11 is 0. The standard InChI is InChI=1S/C10H16O4/c1-7-3-2-4-8(11)5-9(12)6-10(13)14-7/h7,9,12H,2-6H2,1H3/t7-,9-/m1/s1. The van der Waals surface area contributed by atoms with Crippen molar-refractivity contribution in [3.8, 4) is 0 Å². The second-order valence-corrected chi connectivity index (χ2v) is 3.79. The highest BCUT2D eigenvalue weighted by Crippen LogP contribution is 2.12. The van der Waals surface area contributed by atoms with Gasteiger partial charge in [0.1, 0.15) is 5.78 Å². The van der Waals surface area contributed by atoms with E-state index in [-0.39, 0.29) is 24.7 Å². The van der Waals surface area contributed by atoms with Crippen molar-refractivity contribution in [2.24, 2.45) is 0 Å². The van der Waals surface area contributed by atoms with E-state index in [2.05, 4.69) is 0 Å². The summed E-state index contributed by atoms with van der Waals surface area (Å²) in [6.45, 7) is 1.80. The maximum atomic E-state index is 11.2. The van der Waals surface area contributed by atoms with Crippen LogP contribution in [0.5, 0.6) is 0 Å². The average Bonchev–Trinajstić information content (AvgIpc) is 2.01. The van der Waals surface area contributed by atoms with Gasteiger partial charge in [0, 0.05) is 12.8 Å². The Bertz CT molecular complexity index is 224. The topological polar surface area (TPSA) is 63.6 Å². The van der Waals surface area contributed by atoms with E-state index < -0.39 is 12.1 Å². The van der Waals surface area contributed by atoms with Gasteiger partial charge in [-0.05, 0) is 19.8 Å². The summed E-state index contributed by atoms with van der Waals surface area (Å²) in [6.07, 6.45) is 0.882. The molecule has 1 rings (SSSR count). The van der Waals surface area contributed by atoms with E-state index in [0.29, 0.717) is 12.8 Å². The van der Waals surface area contributed by atoms with Gasteiger partial charge >= 0.3 is 5.97 Å². The van der Waals surface area contributed by atoms with Gasteiger partial charge in [-0.1, -0.05) is 0 Å². The molecular weight excluding hydrogens is 184 g/mol. The van der Waals surface area contributed by atoms with Gasteiger partial charge in [0.25, 0.3) is 0 Å². The van der Waals surface area contributed by atoms with Crippen LogP contribution in [0.15, 0.2) is 0 Å². The fraction of sp³-hybridized carbons (Fsp3) is 0.800. The number of hydrogen-bond acceptors (Lipinski definition) is 4. The monoisotopic (exact) mass is 200 g/mol. The summed E-state index contributed by atoms with van der Waals surface area (Å²) in [5.74, 6) is -0.390. The maximum Gasteiger partial charge on any atom is 0.308 e. The zero-order chi connectivity index (χ0) is 10.6. The molecule has 0 aliphatic carbocycles. The number of esters is 1. The van der Waals surface area contributed by atoms with Gasteiger partial charge in [-0.15, -0.1) is 0 Å². The zero-order valence-electron chi connectivity index (χ0n) is 8.36. The molecule has 0 bridgehead atoms. The van der Waals surface area contributed by atoms with E-state index in [1.54, 1.807) is 6.92 Å². The Morgan fingerprint density at radius 3 is 2.79 bits per heavy atom. The van der Waals surface area contributed by atoms with Gasteiger partial charge in [0.2, 0.25) is 0 Å². The molecule has 0 aromatic rings. The molecule has 0 unspecified atom stereocenters. The predicted molar refractivity (Wildman–Crippen MR) is 49.7 cm³/mol. The molecule has 1 aliphatic rings. The lowest BCUT2D eigenvalue weighted by Gasteiger charge is -2.17. The fourth-order valence-corrected chi connectivity index (χ4v) is 1.55. The molecule has 0 aromatic heterocycles. The molecule has 0 amide bonds. The second-order valence-electron chi connectivity index (χ2n) is 3.79. The highest BCUT2D eigenvalue weighted by Gasteiger charge is 2.19. The fourth-order valence-electron chi connectivity index (χ4n) is 1.55. The van der Waals surface area contributed by atoms with Gasteiger partial charge in [-0.2, -0.15) is 0 Å². The molecule has 4 heteroatoms. The quantitative estimate of drug-likeness (QED) is 0.588. The summed E-state index contributed by atoms with van der Waals surface area (Å²) in [5.41, 5.74) is 0. The largest absolute Gasteiger partial charge is 0.463 e. The van der Waals surface area contributed by atoms with Crippen LogP contribution in [0.25, 0.3) is 0 Å². The molecule has 0 spiro atoms. The van der Waals surface area contributed by atoms with Crippen LogP contribution in [0.2, 0.25) is 0 Å². The second kappa shape index (κ2) is 5.10. The van der Waals surface area contributed by atoms with Crippen LogP contribution in [0.3, 0.4) is 0 Å². The van der Waals surface area contributed by atoms with E-state index in [4.69, 9.17) is 4.74 Å². The third-order valence-corrected chi connectivity index (χ3v) is 2.26. The summed E-state index contributed by atoms with van der Waals surface area (Å²) in [6, 6.07) is 0.